The molecule has 25 heavy (non-hydrogen) atoms. The lowest BCUT2D eigenvalue weighted by atomic mass is 9.89. The minimum atomic E-state index is -0.259. The second-order valence-corrected chi connectivity index (χ2v) is 7.67. The molecule has 4 rings (SSSR count). The molecule has 1 aliphatic rings. The SMILES string of the molecule is COCCCNC(=O)c1nc2c3c4c(sc3ncn2n1)CC[C@H](C)C4. The number of hydrogen-bond acceptors (Lipinski definition) is 6. The Balaban J connectivity index is 1.69. The highest BCUT2D eigenvalue weighted by molar-refractivity contribution is 7.19. The first kappa shape index (κ1) is 16.4. The van der Waals surface area contributed by atoms with Crippen LogP contribution in [-0.4, -0.2) is 45.8 Å². The summed E-state index contributed by atoms with van der Waals surface area (Å²) < 4.78 is 6.61. The lowest BCUT2D eigenvalue weighted by Gasteiger charge is -2.17. The highest BCUT2D eigenvalue weighted by atomic mass is 32.1. The van der Waals surface area contributed by atoms with E-state index in [1.807, 2.05) is 0 Å². The molecule has 0 spiro atoms. The van der Waals surface area contributed by atoms with Gasteiger partial charge in [0.05, 0.1) is 5.39 Å². The van der Waals surface area contributed by atoms with Gasteiger partial charge >= 0.3 is 0 Å². The third kappa shape index (κ3) is 3.00. The number of ether oxygens (including phenoxy) is 1. The molecule has 3 aromatic heterocycles. The number of fused-ring (bicyclic) bond motifs is 5. The van der Waals surface area contributed by atoms with Crippen molar-refractivity contribution in [3.05, 3.63) is 22.6 Å². The molecule has 3 heterocycles. The smallest absolute Gasteiger partial charge is 0.290 e. The van der Waals surface area contributed by atoms with Gasteiger partial charge in [-0.25, -0.2) is 14.5 Å². The molecule has 0 unspecified atom stereocenters. The van der Waals surface area contributed by atoms with Crippen molar-refractivity contribution in [3.8, 4) is 0 Å². The maximum absolute atomic E-state index is 12.3. The van der Waals surface area contributed by atoms with E-state index in [4.69, 9.17) is 4.74 Å². The van der Waals surface area contributed by atoms with Crippen molar-refractivity contribution in [2.24, 2.45) is 5.92 Å². The summed E-state index contributed by atoms with van der Waals surface area (Å²) in [6.07, 6.45) is 5.78. The maximum atomic E-state index is 12.3. The molecular formula is C17H21N5O2S. The number of rotatable bonds is 5. The van der Waals surface area contributed by atoms with Crippen molar-refractivity contribution in [3.63, 3.8) is 0 Å². The number of carbonyl (C=O) groups is 1. The summed E-state index contributed by atoms with van der Waals surface area (Å²) >= 11 is 1.75. The second kappa shape index (κ2) is 6.68. The van der Waals surface area contributed by atoms with E-state index in [9.17, 15) is 4.79 Å². The van der Waals surface area contributed by atoms with Gasteiger partial charge in [0.2, 0.25) is 5.82 Å². The van der Waals surface area contributed by atoms with Crippen LogP contribution in [0.1, 0.15) is 40.8 Å². The van der Waals surface area contributed by atoms with E-state index in [1.165, 1.54) is 16.9 Å². The number of aryl methyl sites for hydroxylation is 1. The topological polar surface area (TPSA) is 81.4 Å². The van der Waals surface area contributed by atoms with Crippen LogP contribution in [0.4, 0.5) is 0 Å². The first-order valence-corrected chi connectivity index (χ1v) is 9.41. The van der Waals surface area contributed by atoms with Crippen molar-refractivity contribution < 1.29 is 9.53 Å². The van der Waals surface area contributed by atoms with Crippen molar-refractivity contribution >= 4 is 33.1 Å². The van der Waals surface area contributed by atoms with Gasteiger partial charge in [-0.15, -0.1) is 16.4 Å². The van der Waals surface area contributed by atoms with E-state index in [0.717, 1.165) is 35.1 Å². The van der Waals surface area contributed by atoms with E-state index in [2.05, 4.69) is 27.3 Å². The zero-order valence-corrected chi connectivity index (χ0v) is 15.2. The Morgan fingerprint density at radius 1 is 1.52 bits per heavy atom. The third-order valence-electron chi connectivity index (χ3n) is 4.64. The average molecular weight is 359 g/mol. The number of methoxy groups -OCH3 is 1. The molecule has 0 bridgehead atoms. The van der Waals surface area contributed by atoms with Crippen LogP contribution in [-0.2, 0) is 17.6 Å². The number of thiophene rings is 1. The van der Waals surface area contributed by atoms with Gasteiger partial charge in [0.1, 0.15) is 11.2 Å². The summed E-state index contributed by atoms with van der Waals surface area (Å²) in [4.78, 5) is 23.7. The Hall–Kier alpha value is -2.06. The molecule has 0 aromatic carbocycles. The molecule has 1 atom stereocenters. The zero-order chi connectivity index (χ0) is 17.4. The molecular weight excluding hydrogens is 338 g/mol. The van der Waals surface area contributed by atoms with E-state index in [1.54, 1.807) is 29.3 Å². The molecule has 8 heteroatoms. The highest BCUT2D eigenvalue weighted by Gasteiger charge is 2.24. The molecule has 0 aliphatic heterocycles. The summed E-state index contributed by atoms with van der Waals surface area (Å²) in [5.74, 6) is 0.595. The minimum Gasteiger partial charge on any atom is -0.385 e. The summed E-state index contributed by atoms with van der Waals surface area (Å²) in [6.45, 7) is 3.44. The first-order chi connectivity index (χ1) is 12.2. The second-order valence-electron chi connectivity index (χ2n) is 6.58. The van der Waals surface area contributed by atoms with Crippen LogP contribution in [0.25, 0.3) is 15.9 Å². The molecule has 0 saturated carbocycles. The van der Waals surface area contributed by atoms with Gasteiger partial charge < -0.3 is 10.1 Å². The van der Waals surface area contributed by atoms with Crippen molar-refractivity contribution in [2.45, 2.75) is 32.6 Å². The predicted octanol–water partition coefficient (Wildman–Crippen LogP) is 2.23. The number of nitrogens with one attached hydrogen (secondary N) is 1. The highest BCUT2D eigenvalue weighted by Crippen LogP contribution is 2.38. The minimum absolute atomic E-state index is 0.190. The summed E-state index contributed by atoms with van der Waals surface area (Å²) in [5, 5.41) is 8.21. The normalized spacial score (nSPS) is 17.1. The fourth-order valence-electron chi connectivity index (χ4n) is 3.34. The summed E-state index contributed by atoms with van der Waals surface area (Å²) in [7, 11) is 1.64. The maximum Gasteiger partial charge on any atom is 0.290 e. The molecule has 1 N–H and O–H groups in total. The molecule has 0 radical (unpaired) electrons. The number of amides is 1. The van der Waals surface area contributed by atoms with E-state index < -0.39 is 0 Å². The van der Waals surface area contributed by atoms with Crippen LogP contribution >= 0.6 is 11.3 Å². The summed E-state index contributed by atoms with van der Waals surface area (Å²) in [6, 6.07) is 0. The molecule has 132 valence electrons. The number of hydrogen-bond donors (Lipinski definition) is 1. The lowest BCUT2D eigenvalue weighted by Crippen LogP contribution is -2.26. The van der Waals surface area contributed by atoms with Crippen LogP contribution in [0.2, 0.25) is 0 Å². The summed E-state index contributed by atoms with van der Waals surface area (Å²) in [5.41, 5.74) is 2.08. The largest absolute Gasteiger partial charge is 0.385 e. The fraction of sp³-hybridized carbons (Fsp3) is 0.529. The van der Waals surface area contributed by atoms with Crippen LogP contribution < -0.4 is 5.32 Å². The van der Waals surface area contributed by atoms with Gasteiger partial charge in [-0.05, 0) is 37.2 Å². The molecule has 3 aromatic rings. The van der Waals surface area contributed by atoms with E-state index in [0.29, 0.717) is 19.1 Å². The quantitative estimate of drug-likeness (QED) is 0.707. The third-order valence-corrected chi connectivity index (χ3v) is 5.84. The Morgan fingerprint density at radius 2 is 2.40 bits per heavy atom. The number of aromatic nitrogens is 4. The van der Waals surface area contributed by atoms with Gasteiger partial charge in [0, 0.05) is 25.1 Å². The van der Waals surface area contributed by atoms with Gasteiger partial charge in [-0.1, -0.05) is 6.92 Å². The zero-order valence-electron chi connectivity index (χ0n) is 14.4. The Bertz CT molecular complexity index is 932. The number of nitrogens with zero attached hydrogens (tertiary/aromatic N) is 4. The van der Waals surface area contributed by atoms with Crippen LogP contribution in [0.15, 0.2) is 6.33 Å². The lowest BCUT2D eigenvalue weighted by molar-refractivity contribution is 0.0938. The molecule has 1 amide bonds. The van der Waals surface area contributed by atoms with Crippen LogP contribution in [0.5, 0.6) is 0 Å². The Kier molecular flexibility index (Phi) is 4.39. The van der Waals surface area contributed by atoms with Crippen molar-refractivity contribution in [2.75, 3.05) is 20.3 Å². The number of carbonyl (C=O) groups excluding carboxylic acids is 1. The molecule has 0 fully saturated rings. The van der Waals surface area contributed by atoms with Gasteiger partial charge in [0.15, 0.2) is 5.65 Å². The Labute approximate surface area is 149 Å². The van der Waals surface area contributed by atoms with Gasteiger partial charge in [0.25, 0.3) is 5.91 Å². The predicted molar refractivity (Wildman–Crippen MR) is 96.2 cm³/mol. The Morgan fingerprint density at radius 3 is 3.24 bits per heavy atom. The van der Waals surface area contributed by atoms with Gasteiger partial charge in [-0.3, -0.25) is 4.79 Å². The van der Waals surface area contributed by atoms with Crippen LogP contribution in [0.3, 0.4) is 0 Å². The van der Waals surface area contributed by atoms with Crippen molar-refractivity contribution in [1.82, 2.24) is 24.9 Å². The standard InChI is InChI=1S/C17H21N5O2S/c1-10-4-5-12-11(8-10)13-15-20-14(16(23)18-6-3-7-24-2)21-22(15)9-19-17(13)25-12/h9-10H,3-8H2,1-2H3,(H,18,23)/t10-/m0/s1. The van der Waals surface area contributed by atoms with Crippen molar-refractivity contribution in [1.29, 1.82) is 0 Å². The molecule has 0 saturated heterocycles. The van der Waals surface area contributed by atoms with E-state index in [-0.39, 0.29) is 11.7 Å². The molecule has 1 aliphatic carbocycles. The average Bonchev–Trinajstić information content (AvgIpc) is 3.19. The first-order valence-electron chi connectivity index (χ1n) is 8.60. The van der Waals surface area contributed by atoms with Crippen LogP contribution in [0, 0.1) is 5.92 Å². The van der Waals surface area contributed by atoms with E-state index >= 15 is 0 Å². The monoisotopic (exact) mass is 359 g/mol. The van der Waals surface area contributed by atoms with Gasteiger partial charge in [-0.2, -0.15) is 0 Å². The fourth-order valence-corrected chi connectivity index (χ4v) is 4.52. The molecule has 7 nitrogen and oxygen atoms in total.